The Morgan fingerprint density at radius 1 is 1.40 bits per heavy atom. The van der Waals surface area contributed by atoms with Crippen LogP contribution in [0.2, 0.25) is 0 Å². The van der Waals surface area contributed by atoms with E-state index in [0.717, 1.165) is 6.08 Å². The quantitative estimate of drug-likeness (QED) is 0.340. The van der Waals surface area contributed by atoms with Crippen LogP contribution in [0, 0.1) is 29.7 Å². The molecule has 0 bridgehead atoms. The Labute approximate surface area is 143 Å². The Kier molecular flexibility index (Phi) is 4.15. The van der Waals surface area contributed by atoms with Crippen LogP contribution in [0.1, 0.15) is 23.1 Å². The van der Waals surface area contributed by atoms with Crippen molar-refractivity contribution in [2.24, 2.45) is 0 Å². The van der Waals surface area contributed by atoms with E-state index in [1.54, 1.807) is 18.2 Å². The second-order valence-corrected chi connectivity index (χ2v) is 7.62. The van der Waals surface area contributed by atoms with Crippen LogP contribution in [0.15, 0.2) is 33.1 Å². The van der Waals surface area contributed by atoms with E-state index in [0.29, 0.717) is 16.5 Å². The highest BCUT2D eigenvalue weighted by Crippen LogP contribution is 2.23. The average Bonchev–Trinajstić information content (AvgIpc) is 2.56. The van der Waals surface area contributed by atoms with Crippen molar-refractivity contribution < 1.29 is 12.8 Å². The van der Waals surface area contributed by atoms with Crippen molar-refractivity contribution in [1.29, 1.82) is 5.26 Å². The zero-order valence-electron chi connectivity index (χ0n) is 12.9. The van der Waals surface area contributed by atoms with Crippen molar-refractivity contribution in [1.82, 2.24) is 0 Å². The summed E-state index contributed by atoms with van der Waals surface area (Å²) in [5, 5.41) is 9.32. The molecule has 25 heavy (non-hydrogen) atoms. The minimum absolute atomic E-state index is 0.00582. The maximum Gasteiger partial charge on any atom is 0.342 e. The Morgan fingerprint density at radius 3 is 2.92 bits per heavy atom. The molecule has 1 aromatic heterocycles. The van der Waals surface area contributed by atoms with Crippen molar-refractivity contribution in [3.8, 4) is 17.9 Å². The third kappa shape index (κ3) is 3.45. The molecule has 0 aliphatic carbocycles. The lowest BCUT2D eigenvalue weighted by atomic mass is 10.0. The van der Waals surface area contributed by atoms with Gasteiger partial charge in [-0.1, -0.05) is 11.8 Å². The largest absolute Gasteiger partial charge is 0.422 e. The van der Waals surface area contributed by atoms with Gasteiger partial charge in [-0.2, -0.15) is 0 Å². The second-order valence-electron chi connectivity index (χ2n) is 5.43. The van der Waals surface area contributed by atoms with Crippen LogP contribution in [0.25, 0.3) is 21.9 Å². The predicted octanol–water partition coefficient (Wildman–Crippen LogP) is 2.25. The van der Waals surface area contributed by atoms with Crippen LogP contribution >= 0.6 is 0 Å². The van der Waals surface area contributed by atoms with Crippen molar-refractivity contribution in [2.75, 3.05) is 5.75 Å². The number of nitriles is 1. The summed E-state index contributed by atoms with van der Waals surface area (Å²) < 4.78 is 29.3. The van der Waals surface area contributed by atoms with E-state index in [9.17, 15) is 13.2 Å². The number of fused-ring (bicyclic) bond motifs is 2. The van der Waals surface area contributed by atoms with Gasteiger partial charge in [0.15, 0.2) is 9.84 Å². The molecule has 2 aromatic rings. The Bertz CT molecular complexity index is 1210. The third-order valence-corrected chi connectivity index (χ3v) is 5.23. The van der Waals surface area contributed by atoms with Gasteiger partial charge in [0.25, 0.3) is 5.70 Å². The average molecular weight is 350 g/mol. The molecule has 0 atom stereocenters. The monoisotopic (exact) mass is 350 g/mol. The summed E-state index contributed by atoms with van der Waals surface area (Å²) in [6.45, 7) is 6.88. The Hall–Kier alpha value is -3.34. The van der Waals surface area contributed by atoms with Gasteiger partial charge < -0.3 is 4.42 Å². The Morgan fingerprint density at radius 2 is 2.20 bits per heavy atom. The molecular weight excluding hydrogens is 340 g/mol. The minimum Gasteiger partial charge on any atom is -0.422 e. The summed E-state index contributed by atoms with van der Waals surface area (Å²) in [6, 6.07) is 6.32. The molecule has 1 aliphatic rings. The van der Waals surface area contributed by atoms with Gasteiger partial charge >= 0.3 is 5.63 Å². The highest BCUT2D eigenvalue weighted by atomic mass is 32.2. The van der Waals surface area contributed by atoms with Crippen LogP contribution in [-0.2, 0) is 15.6 Å². The van der Waals surface area contributed by atoms with Gasteiger partial charge in [-0.15, -0.1) is 0 Å². The first-order valence-corrected chi connectivity index (χ1v) is 9.03. The highest BCUT2D eigenvalue weighted by molar-refractivity contribution is 7.90. The Balaban J connectivity index is 2.25. The van der Waals surface area contributed by atoms with Gasteiger partial charge in [0.05, 0.1) is 29.7 Å². The fourth-order valence-corrected chi connectivity index (χ4v) is 3.75. The van der Waals surface area contributed by atoms with Gasteiger partial charge in [0, 0.05) is 17.4 Å². The first-order chi connectivity index (χ1) is 11.9. The third-order valence-electron chi connectivity index (χ3n) is 3.65. The minimum atomic E-state index is -3.26. The zero-order valence-corrected chi connectivity index (χ0v) is 13.7. The molecule has 3 rings (SSSR count). The molecule has 0 N–H and O–H groups in total. The number of hydrogen-bond acceptors (Lipinski definition) is 5. The van der Waals surface area contributed by atoms with Gasteiger partial charge in [-0.3, -0.25) is 0 Å². The van der Waals surface area contributed by atoms with Crippen LogP contribution < -0.4 is 5.63 Å². The molecule has 0 radical (unpaired) electrons. The number of nitrogens with zero attached hydrogens (tertiary/aromatic N) is 2. The van der Waals surface area contributed by atoms with E-state index >= 15 is 0 Å². The van der Waals surface area contributed by atoms with Crippen molar-refractivity contribution in [3.05, 3.63) is 62.4 Å². The molecule has 1 aliphatic heterocycles. The van der Waals surface area contributed by atoms with Gasteiger partial charge in [0.2, 0.25) is 0 Å². The van der Waals surface area contributed by atoms with Crippen molar-refractivity contribution in [2.45, 2.75) is 12.2 Å². The number of allylic oxidation sites excluding steroid dienone is 1. The topological polar surface area (TPSA) is 92.5 Å². The van der Waals surface area contributed by atoms with Crippen molar-refractivity contribution in [3.63, 3.8) is 0 Å². The SMILES string of the molecule is [C-]#[N+]/C(C#N)=C/c1cc2cc3c(cc2oc1=O)C#CCCS(=O)(=O)C3. The van der Waals surface area contributed by atoms with Gasteiger partial charge in [0.1, 0.15) is 5.58 Å². The summed E-state index contributed by atoms with van der Waals surface area (Å²) >= 11 is 0. The predicted molar refractivity (Wildman–Crippen MR) is 91.7 cm³/mol. The van der Waals surface area contributed by atoms with Gasteiger partial charge in [-0.05, 0) is 29.8 Å². The molecule has 0 unspecified atom stereocenters. The van der Waals surface area contributed by atoms with E-state index in [2.05, 4.69) is 16.7 Å². The summed E-state index contributed by atoms with van der Waals surface area (Å²) in [6.07, 6.45) is 1.41. The molecule has 2 heterocycles. The molecule has 0 spiro atoms. The molecule has 7 heteroatoms. The van der Waals surface area contributed by atoms with E-state index in [1.807, 2.05) is 0 Å². The summed E-state index contributed by atoms with van der Waals surface area (Å²) in [4.78, 5) is 15.0. The molecule has 122 valence electrons. The fourth-order valence-electron chi connectivity index (χ4n) is 2.48. The highest BCUT2D eigenvalue weighted by Gasteiger charge is 2.17. The lowest BCUT2D eigenvalue weighted by Gasteiger charge is -2.10. The standard InChI is InChI=1S/C18H10N2O4S/c1-20-16(10-19)8-14-6-13-7-15-11-25(22,23)5-3-2-4-12(15)9-17(13)24-18(14)21/h6-9H,3,5,11H2/b16-8+. The summed E-state index contributed by atoms with van der Waals surface area (Å²) in [7, 11) is -3.26. The molecule has 6 nitrogen and oxygen atoms in total. The maximum absolute atomic E-state index is 12.0. The fraction of sp³-hybridized carbons (Fsp3) is 0.167. The first-order valence-electron chi connectivity index (χ1n) is 7.21. The number of rotatable bonds is 1. The number of benzene rings is 1. The second kappa shape index (κ2) is 6.28. The van der Waals surface area contributed by atoms with E-state index in [1.165, 1.54) is 6.07 Å². The molecule has 1 aromatic carbocycles. The van der Waals surface area contributed by atoms with E-state index in [-0.39, 0.29) is 34.8 Å². The smallest absolute Gasteiger partial charge is 0.342 e. The van der Waals surface area contributed by atoms with Crippen LogP contribution in [0.3, 0.4) is 0 Å². The maximum atomic E-state index is 12.0. The van der Waals surface area contributed by atoms with Crippen LogP contribution in [0.5, 0.6) is 0 Å². The normalized spacial score (nSPS) is 15.7. The molecular formula is C18H10N2O4S. The van der Waals surface area contributed by atoms with Crippen molar-refractivity contribution >= 4 is 26.9 Å². The summed E-state index contributed by atoms with van der Waals surface area (Å²) in [5.41, 5.74) is 0.450. The molecule has 0 fully saturated rings. The lowest BCUT2D eigenvalue weighted by molar-refractivity contribution is 0.559. The molecule has 0 saturated carbocycles. The number of hydrogen-bond donors (Lipinski definition) is 0. The molecule has 0 saturated heterocycles. The van der Waals surface area contributed by atoms with Crippen LogP contribution in [-0.4, -0.2) is 14.2 Å². The van der Waals surface area contributed by atoms with Gasteiger partial charge in [-0.25, -0.2) is 23.3 Å². The number of sulfone groups is 1. The summed E-state index contributed by atoms with van der Waals surface area (Å²) in [5.74, 6) is 5.58. The first kappa shape index (κ1) is 16.5. The zero-order chi connectivity index (χ0) is 18.0. The van der Waals surface area contributed by atoms with E-state index in [4.69, 9.17) is 16.3 Å². The van der Waals surface area contributed by atoms with Crippen LogP contribution in [0.4, 0.5) is 0 Å². The van der Waals surface area contributed by atoms with E-state index < -0.39 is 15.5 Å². The lowest BCUT2D eigenvalue weighted by Crippen LogP contribution is -2.12. The molecule has 0 amide bonds.